The van der Waals surface area contributed by atoms with Gasteiger partial charge in [-0.2, -0.15) is 0 Å². The van der Waals surface area contributed by atoms with Gasteiger partial charge in [-0.3, -0.25) is 0 Å². The molecule has 0 radical (unpaired) electrons. The van der Waals surface area contributed by atoms with Crippen molar-refractivity contribution >= 4 is 6.09 Å². The first-order chi connectivity index (χ1) is 6.80. The summed E-state index contributed by atoms with van der Waals surface area (Å²) >= 11 is 0. The van der Waals surface area contributed by atoms with Gasteiger partial charge in [0.25, 0.3) is 0 Å². The SMILES string of the molecule is CC(OC(=O)NC(C)C(C)(C)C)C1CC1. The van der Waals surface area contributed by atoms with Gasteiger partial charge in [-0.05, 0) is 38.0 Å². The van der Waals surface area contributed by atoms with Gasteiger partial charge in [0.1, 0.15) is 6.10 Å². The second-order valence-electron chi connectivity index (χ2n) is 5.68. The Hall–Kier alpha value is -0.730. The van der Waals surface area contributed by atoms with Gasteiger partial charge < -0.3 is 10.1 Å². The van der Waals surface area contributed by atoms with Crippen LogP contribution in [-0.2, 0) is 4.74 Å². The lowest BCUT2D eigenvalue weighted by Gasteiger charge is -2.28. The van der Waals surface area contributed by atoms with Crippen molar-refractivity contribution in [2.75, 3.05) is 0 Å². The molecule has 15 heavy (non-hydrogen) atoms. The Bertz CT molecular complexity index is 228. The van der Waals surface area contributed by atoms with Crippen LogP contribution in [0.15, 0.2) is 0 Å². The van der Waals surface area contributed by atoms with Crippen molar-refractivity contribution in [1.29, 1.82) is 0 Å². The topological polar surface area (TPSA) is 38.3 Å². The molecule has 2 atom stereocenters. The smallest absolute Gasteiger partial charge is 0.407 e. The first-order valence-corrected chi connectivity index (χ1v) is 5.78. The molecule has 0 aromatic heterocycles. The van der Waals surface area contributed by atoms with Crippen LogP contribution in [0.1, 0.15) is 47.5 Å². The highest BCUT2D eigenvalue weighted by atomic mass is 16.6. The summed E-state index contributed by atoms with van der Waals surface area (Å²) in [6.45, 7) is 10.3. The van der Waals surface area contributed by atoms with E-state index in [0.717, 1.165) is 0 Å². The molecule has 1 fully saturated rings. The molecule has 1 N–H and O–H groups in total. The van der Waals surface area contributed by atoms with Crippen molar-refractivity contribution in [2.45, 2.75) is 59.6 Å². The Morgan fingerprint density at radius 2 is 1.87 bits per heavy atom. The van der Waals surface area contributed by atoms with Crippen molar-refractivity contribution in [2.24, 2.45) is 11.3 Å². The van der Waals surface area contributed by atoms with Crippen LogP contribution in [0.5, 0.6) is 0 Å². The summed E-state index contributed by atoms with van der Waals surface area (Å²) in [5, 5.41) is 2.87. The first kappa shape index (κ1) is 12.3. The van der Waals surface area contributed by atoms with Crippen LogP contribution in [0.2, 0.25) is 0 Å². The lowest BCUT2D eigenvalue weighted by Crippen LogP contribution is -2.42. The van der Waals surface area contributed by atoms with Crippen molar-refractivity contribution in [3.8, 4) is 0 Å². The fraction of sp³-hybridized carbons (Fsp3) is 0.917. The van der Waals surface area contributed by atoms with Crippen LogP contribution in [-0.4, -0.2) is 18.2 Å². The normalized spacial score (nSPS) is 20.6. The van der Waals surface area contributed by atoms with Crippen molar-refractivity contribution in [1.82, 2.24) is 5.32 Å². The monoisotopic (exact) mass is 213 g/mol. The molecule has 1 amide bonds. The molecule has 0 saturated heterocycles. The van der Waals surface area contributed by atoms with E-state index >= 15 is 0 Å². The van der Waals surface area contributed by atoms with E-state index in [-0.39, 0.29) is 23.7 Å². The minimum atomic E-state index is -0.281. The lowest BCUT2D eigenvalue weighted by atomic mass is 9.88. The number of rotatable bonds is 3. The van der Waals surface area contributed by atoms with E-state index in [4.69, 9.17) is 4.74 Å². The maximum atomic E-state index is 11.5. The van der Waals surface area contributed by atoms with Crippen LogP contribution < -0.4 is 5.32 Å². The average molecular weight is 213 g/mol. The molecule has 3 heteroatoms. The number of carbonyl (C=O) groups is 1. The molecule has 1 rings (SSSR count). The molecule has 0 spiro atoms. The van der Waals surface area contributed by atoms with E-state index in [9.17, 15) is 4.79 Å². The molecule has 1 saturated carbocycles. The van der Waals surface area contributed by atoms with Crippen molar-refractivity contribution < 1.29 is 9.53 Å². The van der Waals surface area contributed by atoms with Gasteiger partial charge >= 0.3 is 6.09 Å². The number of hydrogen-bond acceptors (Lipinski definition) is 2. The lowest BCUT2D eigenvalue weighted by molar-refractivity contribution is 0.0877. The molecule has 0 aromatic carbocycles. The standard InChI is InChI=1S/C12H23NO2/c1-8(10-6-7-10)15-11(14)13-9(2)12(3,4)5/h8-10H,6-7H2,1-5H3,(H,13,14). The molecule has 2 unspecified atom stereocenters. The third-order valence-electron chi connectivity index (χ3n) is 3.21. The quantitative estimate of drug-likeness (QED) is 0.782. The molecule has 0 aromatic rings. The Morgan fingerprint density at radius 3 is 2.27 bits per heavy atom. The van der Waals surface area contributed by atoms with Gasteiger partial charge in [0, 0.05) is 6.04 Å². The Morgan fingerprint density at radius 1 is 1.33 bits per heavy atom. The largest absolute Gasteiger partial charge is 0.446 e. The van der Waals surface area contributed by atoms with E-state index in [1.165, 1.54) is 12.8 Å². The second kappa shape index (κ2) is 4.42. The average Bonchev–Trinajstić information content (AvgIpc) is 2.83. The predicted octanol–water partition coefficient (Wildman–Crippen LogP) is 2.95. The summed E-state index contributed by atoms with van der Waals surface area (Å²) < 4.78 is 5.29. The molecule has 0 bridgehead atoms. The highest BCUT2D eigenvalue weighted by molar-refractivity contribution is 5.67. The van der Waals surface area contributed by atoms with Gasteiger partial charge in [0.15, 0.2) is 0 Å². The molecular formula is C12H23NO2. The summed E-state index contributed by atoms with van der Waals surface area (Å²) in [5.74, 6) is 0.598. The number of nitrogens with one attached hydrogen (secondary N) is 1. The van der Waals surface area contributed by atoms with Gasteiger partial charge in [-0.15, -0.1) is 0 Å². The fourth-order valence-corrected chi connectivity index (χ4v) is 1.26. The predicted molar refractivity (Wildman–Crippen MR) is 60.7 cm³/mol. The van der Waals surface area contributed by atoms with Crippen LogP contribution in [0, 0.1) is 11.3 Å². The Labute approximate surface area is 92.6 Å². The van der Waals surface area contributed by atoms with Gasteiger partial charge in [-0.1, -0.05) is 20.8 Å². The Balaban J connectivity index is 2.28. The summed E-state index contributed by atoms with van der Waals surface area (Å²) in [6, 6.07) is 0.122. The third kappa shape index (κ3) is 4.10. The van der Waals surface area contributed by atoms with Crippen LogP contribution in [0.25, 0.3) is 0 Å². The van der Waals surface area contributed by atoms with E-state index in [0.29, 0.717) is 5.92 Å². The zero-order chi connectivity index (χ0) is 11.6. The summed E-state index contributed by atoms with van der Waals surface area (Å²) in [6.07, 6.45) is 2.18. The second-order valence-corrected chi connectivity index (χ2v) is 5.68. The summed E-state index contributed by atoms with van der Waals surface area (Å²) in [4.78, 5) is 11.5. The van der Waals surface area contributed by atoms with Gasteiger partial charge in [0.05, 0.1) is 0 Å². The van der Waals surface area contributed by atoms with Crippen molar-refractivity contribution in [3.63, 3.8) is 0 Å². The van der Waals surface area contributed by atoms with Gasteiger partial charge in [0.2, 0.25) is 0 Å². The zero-order valence-corrected chi connectivity index (χ0v) is 10.5. The summed E-state index contributed by atoms with van der Waals surface area (Å²) in [7, 11) is 0. The summed E-state index contributed by atoms with van der Waals surface area (Å²) in [5.41, 5.74) is 0.0713. The first-order valence-electron chi connectivity index (χ1n) is 5.78. The van der Waals surface area contributed by atoms with Crippen LogP contribution in [0.3, 0.4) is 0 Å². The minimum Gasteiger partial charge on any atom is -0.446 e. The molecular weight excluding hydrogens is 190 g/mol. The fourth-order valence-electron chi connectivity index (χ4n) is 1.26. The molecule has 1 aliphatic rings. The third-order valence-corrected chi connectivity index (χ3v) is 3.21. The molecule has 0 heterocycles. The molecule has 3 nitrogen and oxygen atoms in total. The van der Waals surface area contributed by atoms with Gasteiger partial charge in [-0.25, -0.2) is 4.79 Å². The molecule has 0 aliphatic heterocycles. The maximum Gasteiger partial charge on any atom is 0.407 e. The van der Waals surface area contributed by atoms with Crippen molar-refractivity contribution in [3.05, 3.63) is 0 Å². The van der Waals surface area contributed by atoms with E-state index in [1.54, 1.807) is 0 Å². The number of alkyl carbamates (subject to hydrolysis) is 1. The number of carbonyl (C=O) groups excluding carboxylic acids is 1. The number of hydrogen-bond donors (Lipinski definition) is 1. The highest BCUT2D eigenvalue weighted by Crippen LogP contribution is 2.34. The molecule has 1 aliphatic carbocycles. The van der Waals surface area contributed by atoms with E-state index < -0.39 is 0 Å². The molecule has 88 valence electrons. The maximum absolute atomic E-state index is 11.5. The van der Waals surface area contributed by atoms with Crippen LogP contribution in [0.4, 0.5) is 4.79 Å². The zero-order valence-electron chi connectivity index (χ0n) is 10.5. The number of ether oxygens (including phenoxy) is 1. The van der Waals surface area contributed by atoms with Crippen LogP contribution >= 0.6 is 0 Å². The van der Waals surface area contributed by atoms with E-state index in [2.05, 4.69) is 26.1 Å². The Kier molecular flexibility index (Phi) is 3.63. The highest BCUT2D eigenvalue weighted by Gasteiger charge is 2.31. The van der Waals surface area contributed by atoms with E-state index in [1.807, 2.05) is 13.8 Å². The minimum absolute atomic E-state index is 0.0668. The number of amides is 1.